The van der Waals surface area contributed by atoms with Gasteiger partial charge < -0.3 is 11.1 Å². The lowest BCUT2D eigenvalue weighted by atomic mass is 9.92. The van der Waals surface area contributed by atoms with Crippen LogP contribution in [0.2, 0.25) is 0 Å². The third-order valence-electron chi connectivity index (χ3n) is 2.83. The maximum Gasteiger partial charge on any atom is 0.227 e. The van der Waals surface area contributed by atoms with Gasteiger partial charge in [-0.2, -0.15) is 0 Å². The van der Waals surface area contributed by atoms with Crippen LogP contribution in [-0.2, 0) is 11.3 Å². The molecule has 0 heterocycles. The van der Waals surface area contributed by atoms with E-state index in [1.807, 2.05) is 45.0 Å². The molecule has 3 nitrogen and oxygen atoms in total. The summed E-state index contributed by atoms with van der Waals surface area (Å²) in [6.07, 6.45) is 0. The molecule has 0 bridgehead atoms. The zero-order valence-corrected chi connectivity index (χ0v) is 10.2. The SMILES string of the molecule is Cc1ccccc1CNC(=O)C(C)(C)CN. The molecule has 16 heavy (non-hydrogen) atoms. The van der Waals surface area contributed by atoms with Crippen LogP contribution < -0.4 is 11.1 Å². The van der Waals surface area contributed by atoms with Crippen molar-refractivity contribution in [3.63, 3.8) is 0 Å². The van der Waals surface area contributed by atoms with Gasteiger partial charge in [-0.3, -0.25) is 4.79 Å². The number of hydrogen-bond donors (Lipinski definition) is 2. The molecule has 1 aromatic rings. The van der Waals surface area contributed by atoms with Crippen molar-refractivity contribution < 1.29 is 4.79 Å². The molecule has 0 aliphatic rings. The van der Waals surface area contributed by atoms with E-state index in [1.165, 1.54) is 5.56 Å². The number of carbonyl (C=O) groups excluding carboxylic acids is 1. The standard InChI is InChI=1S/C13H20N2O/c1-10-6-4-5-7-11(10)8-15-12(16)13(2,3)9-14/h4-7H,8-9,14H2,1-3H3,(H,15,16). The molecule has 0 spiro atoms. The summed E-state index contributed by atoms with van der Waals surface area (Å²) in [7, 11) is 0. The molecule has 1 amide bonds. The largest absolute Gasteiger partial charge is 0.352 e. The van der Waals surface area contributed by atoms with Crippen LogP contribution in [-0.4, -0.2) is 12.5 Å². The van der Waals surface area contributed by atoms with Gasteiger partial charge in [-0.25, -0.2) is 0 Å². The minimum Gasteiger partial charge on any atom is -0.352 e. The molecule has 0 radical (unpaired) electrons. The van der Waals surface area contributed by atoms with Gasteiger partial charge in [0.15, 0.2) is 0 Å². The van der Waals surface area contributed by atoms with E-state index in [9.17, 15) is 4.79 Å². The fourth-order valence-electron chi connectivity index (χ4n) is 1.32. The molecule has 0 aliphatic carbocycles. The number of carbonyl (C=O) groups is 1. The second kappa shape index (κ2) is 5.12. The number of aryl methyl sites for hydroxylation is 1. The molecule has 0 aromatic heterocycles. The minimum atomic E-state index is -0.497. The van der Waals surface area contributed by atoms with Crippen molar-refractivity contribution >= 4 is 5.91 Å². The van der Waals surface area contributed by atoms with Gasteiger partial charge in [0.05, 0.1) is 5.41 Å². The summed E-state index contributed by atoms with van der Waals surface area (Å²) in [6.45, 7) is 6.65. The van der Waals surface area contributed by atoms with Crippen molar-refractivity contribution in [1.82, 2.24) is 5.32 Å². The molecular formula is C13H20N2O. The first-order valence-corrected chi connectivity index (χ1v) is 5.50. The zero-order chi connectivity index (χ0) is 12.2. The molecule has 3 N–H and O–H groups in total. The zero-order valence-electron chi connectivity index (χ0n) is 10.2. The van der Waals surface area contributed by atoms with E-state index in [-0.39, 0.29) is 5.91 Å². The lowest BCUT2D eigenvalue weighted by molar-refractivity contribution is -0.129. The average molecular weight is 220 g/mol. The molecule has 3 heteroatoms. The van der Waals surface area contributed by atoms with Crippen LogP contribution in [0.3, 0.4) is 0 Å². The molecule has 0 fully saturated rings. The van der Waals surface area contributed by atoms with Crippen LogP contribution in [0.15, 0.2) is 24.3 Å². The molecule has 0 aliphatic heterocycles. The maximum absolute atomic E-state index is 11.8. The predicted octanol–water partition coefficient (Wildman–Crippen LogP) is 1.60. The normalized spacial score (nSPS) is 11.2. The smallest absolute Gasteiger partial charge is 0.227 e. The highest BCUT2D eigenvalue weighted by Crippen LogP contribution is 2.13. The Bertz CT molecular complexity index is 372. The number of nitrogens with one attached hydrogen (secondary N) is 1. The maximum atomic E-state index is 11.8. The Labute approximate surface area is 97.0 Å². The summed E-state index contributed by atoms with van der Waals surface area (Å²) in [4.78, 5) is 11.8. The minimum absolute atomic E-state index is 0.00162. The second-order valence-corrected chi connectivity index (χ2v) is 4.70. The van der Waals surface area contributed by atoms with Crippen LogP contribution in [0.4, 0.5) is 0 Å². The fraction of sp³-hybridized carbons (Fsp3) is 0.462. The van der Waals surface area contributed by atoms with Crippen molar-refractivity contribution in [2.75, 3.05) is 6.54 Å². The third kappa shape index (κ3) is 3.07. The number of nitrogens with two attached hydrogens (primary N) is 1. The van der Waals surface area contributed by atoms with Gasteiger partial charge >= 0.3 is 0 Å². The summed E-state index contributed by atoms with van der Waals surface area (Å²) in [5.74, 6) is -0.00162. The van der Waals surface area contributed by atoms with Gasteiger partial charge in [-0.15, -0.1) is 0 Å². The van der Waals surface area contributed by atoms with Crippen LogP contribution in [0.25, 0.3) is 0 Å². The van der Waals surface area contributed by atoms with Crippen molar-refractivity contribution in [2.45, 2.75) is 27.3 Å². The van der Waals surface area contributed by atoms with Gasteiger partial charge in [0.1, 0.15) is 0 Å². The van der Waals surface area contributed by atoms with Crippen LogP contribution in [0, 0.1) is 12.3 Å². The first-order chi connectivity index (χ1) is 7.47. The van der Waals surface area contributed by atoms with Gasteiger partial charge in [0.25, 0.3) is 0 Å². The summed E-state index contributed by atoms with van der Waals surface area (Å²) in [6, 6.07) is 8.02. The van der Waals surface area contributed by atoms with E-state index in [1.54, 1.807) is 0 Å². The van der Waals surface area contributed by atoms with Gasteiger partial charge in [0.2, 0.25) is 5.91 Å². The van der Waals surface area contributed by atoms with Gasteiger partial charge in [-0.05, 0) is 31.9 Å². The Balaban J connectivity index is 2.59. The van der Waals surface area contributed by atoms with Crippen molar-refractivity contribution in [3.05, 3.63) is 35.4 Å². The Morgan fingerprint density at radius 2 is 2.00 bits per heavy atom. The first-order valence-electron chi connectivity index (χ1n) is 5.50. The van der Waals surface area contributed by atoms with Crippen molar-refractivity contribution in [3.8, 4) is 0 Å². The Morgan fingerprint density at radius 3 is 2.56 bits per heavy atom. The van der Waals surface area contributed by atoms with Crippen LogP contribution in [0.1, 0.15) is 25.0 Å². The Kier molecular flexibility index (Phi) is 4.07. The highest BCUT2D eigenvalue weighted by molar-refractivity contribution is 5.82. The highest BCUT2D eigenvalue weighted by Gasteiger charge is 2.25. The molecule has 1 rings (SSSR count). The van der Waals surface area contributed by atoms with E-state index in [0.29, 0.717) is 13.1 Å². The third-order valence-corrected chi connectivity index (χ3v) is 2.83. The Hall–Kier alpha value is -1.35. The summed E-state index contributed by atoms with van der Waals surface area (Å²) < 4.78 is 0. The predicted molar refractivity (Wildman–Crippen MR) is 65.9 cm³/mol. The lowest BCUT2D eigenvalue weighted by Crippen LogP contribution is -2.41. The number of benzene rings is 1. The van der Waals surface area contributed by atoms with E-state index < -0.39 is 5.41 Å². The summed E-state index contributed by atoms with van der Waals surface area (Å²) in [5.41, 5.74) is 7.38. The molecule has 0 atom stereocenters. The molecule has 0 saturated carbocycles. The first kappa shape index (κ1) is 12.7. The second-order valence-electron chi connectivity index (χ2n) is 4.70. The molecule has 0 unspecified atom stereocenters. The quantitative estimate of drug-likeness (QED) is 0.809. The lowest BCUT2D eigenvalue weighted by Gasteiger charge is -2.21. The van der Waals surface area contributed by atoms with E-state index >= 15 is 0 Å². The Morgan fingerprint density at radius 1 is 1.38 bits per heavy atom. The molecular weight excluding hydrogens is 200 g/mol. The highest BCUT2D eigenvalue weighted by atomic mass is 16.2. The van der Waals surface area contributed by atoms with Gasteiger partial charge in [0, 0.05) is 13.1 Å². The van der Waals surface area contributed by atoms with Crippen LogP contribution >= 0.6 is 0 Å². The van der Waals surface area contributed by atoms with Gasteiger partial charge in [-0.1, -0.05) is 24.3 Å². The monoisotopic (exact) mass is 220 g/mol. The summed E-state index contributed by atoms with van der Waals surface area (Å²) >= 11 is 0. The summed E-state index contributed by atoms with van der Waals surface area (Å²) in [5, 5.41) is 2.91. The fourth-order valence-corrected chi connectivity index (χ4v) is 1.32. The van der Waals surface area contributed by atoms with E-state index in [4.69, 9.17) is 5.73 Å². The average Bonchev–Trinajstić information content (AvgIpc) is 2.27. The van der Waals surface area contributed by atoms with Crippen molar-refractivity contribution in [1.29, 1.82) is 0 Å². The number of rotatable bonds is 4. The van der Waals surface area contributed by atoms with Crippen LogP contribution in [0.5, 0.6) is 0 Å². The topological polar surface area (TPSA) is 55.1 Å². The molecule has 0 saturated heterocycles. The number of amides is 1. The molecule has 88 valence electrons. The van der Waals surface area contributed by atoms with Crippen molar-refractivity contribution in [2.24, 2.45) is 11.1 Å². The number of hydrogen-bond acceptors (Lipinski definition) is 2. The van der Waals surface area contributed by atoms with E-state index in [2.05, 4.69) is 5.32 Å². The van der Waals surface area contributed by atoms with E-state index in [0.717, 1.165) is 5.56 Å². The molecule has 1 aromatic carbocycles.